The van der Waals surface area contributed by atoms with Crippen molar-refractivity contribution in [3.8, 4) is 0 Å². The lowest BCUT2D eigenvalue weighted by Crippen LogP contribution is -2.02. The monoisotopic (exact) mass is 371 g/mol. The van der Waals surface area contributed by atoms with Gasteiger partial charge in [-0.1, -0.05) is 31.9 Å². The molecular weight excluding hydrogens is 358 g/mol. The normalized spacial score (nSPS) is 12.8. The Labute approximate surface area is 124 Å². The highest BCUT2D eigenvalue weighted by Gasteiger charge is 2.18. The van der Waals surface area contributed by atoms with E-state index >= 15 is 0 Å². The SMILES string of the molecule is Cc1[nH]c(C(O)c2cc(Br)cc(Br)c2)c(C)c1C. The molecule has 96 valence electrons. The summed E-state index contributed by atoms with van der Waals surface area (Å²) in [4.78, 5) is 3.27. The van der Waals surface area contributed by atoms with Gasteiger partial charge in [0.1, 0.15) is 6.10 Å². The number of aromatic amines is 1. The van der Waals surface area contributed by atoms with Gasteiger partial charge in [-0.25, -0.2) is 0 Å². The number of aryl methyl sites for hydroxylation is 1. The predicted molar refractivity (Wildman–Crippen MR) is 80.9 cm³/mol. The van der Waals surface area contributed by atoms with E-state index in [4.69, 9.17) is 0 Å². The van der Waals surface area contributed by atoms with Gasteiger partial charge in [0.05, 0.1) is 5.69 Å². The largest absolute Gasteiger partial charge is 0.382 e. The van der Waals surface area contributed by atoms with Crippen LogP contribution in [-0.4, -0.2) is 10.1 Å². The minimum Gasteiger partial charge on any atom is -0.382 e. The third-order valence-corrected chi connectivity index (χ3v) is 4.24. The number of aliphatic hydroxyl groups excluding tert-OH is 1. The van der Waals surface area contributed by atoms with Crippen molar-refractivity contribution in [3.63, 3.8) is 0 Å². The van der Waals surface area contributed by atoms with Crippen molar-refractivity contribution in [3.05, 3.63) is 55.2 Å². The molecule has 2 N–H and O–H groups in total. The van der Waals surface area contributed by atoms with Crippen molar-refractivity contribution in [2.24, 2.45) is 0 Å². The molecule has 0 aliphatic rings. The molecule has 0 amide bonds. The number of benzene rings is 1. The Morgan fingerprint density at radius 2 is 1.56 bits per heavy atom. The Hall–Kier alpha value is -0.580. The molecule has 1 heterocycles. The predicted octanol–water partition coefficient (Wildman–Crippen LogP) is 4.55. The first-order chi connectivity index (χ1) is 8.40. The molecule has 2 rings (SSSR count). The van der Waals surface area contributed by atoms with E-state index in [0.717, 1.165) is 31.5 Å². The molecule has 0 saturated heterocycles. The summed E-state index contributed by atoms with van der Waals surface area (Å²) in [6.45, 7) is 6.12. The third-order valence-electron chi connectivity index (χ3n) is 3.33. The number of hydrogen-bond donors (Lipinski definition) is 2. The van der Waals surface area contributed by atoms with E-state index in [9.17, 15) is 5.11 Å². The van der Waals surface area contributed by atoms with Gasteiger partial charge in [0.15, 0.2) is 0 Å². The van der Waals surface area contributed by atoms with Crippen molar-refractivity contribution in [2.75, 3.05) is 0 Å². The highest BCUT2D eigenvalue weighted by Crippen LogP contribution is 2.30. The first kappa shape index (κ1) is 13.8. The smallest absolute Gasteiger partial charge is 0.119 e. The molecule has 0 fully saturated rings. The minimum absolute atomic E-state index is 0.633. The first-order valence-corrected chi connectivity index (χ1v) is 7.28. The van der Waals surface area contributed by atoms with Crippen LogP contribution in [0.25, 0.3) is 0 Å². The van der Waals surface area contributed by atoms with Gasteiger partial charge >= 0.3 is 0 Å². The second-order valence-electron chi connectivity index (χ2n) is 4.52. The Morgan fingerprint density at radius 3 is 2.00 bits per heavy atom. The lowest BCUT2D eigenvalue weighted by atomic mass is 10.0. The molecule has 18 heavy (non-hydrogen) atoms. The van der Waals surface area contributed by atoms with Gasteiger partial charge in [-0.3, -0.25) is 0 Å². The van der Waals surface area contributed by atoms with Gasteiger partial charge in [0, 0.05) is 14.6 Å². The van der Waals surface area contributed by atoms with Crippen molar-refractivity contribution < 1.29 is 5.11 Å². The number of halogens is 2. The molecule has 0 radical (unpaired) electrons. The van der Waals surface area contributed by atoms with Gasteiger partial charge < -0.3 is 10.1 Å². The van der Waals surface area contributed by atoms with Crippen LogP contribution in [0.15, 0.2) is 27.1 Å². The number of aromatic nitrogens is 1. The molecule has 2 nitrogen and oxygen atoms in total. The molecule has 0 bridgehead atoms. The van der Waals surface area contributed by atoms with Gasteiger partial charge in [-0.2, -0.15) is 0 Å². The fourth-order valence-electron chi connectivity index (χ4n) is 2.05. The van der Waals surface area contributed by atoms with E-state index in [1.807, 2.05) is 32.0 Å². The average molecular weight is 373 g/mol. The van der Waals surface area contributed by atoms with Gasteiger partial charge in [0.25, 0.3) is 0 Å². The van der Waals surface area contributed by atoms with Crippen LogP contribution in [-0.2, 0) is 0 Å². The van der Waals surface area contributed by atoms with E-state index in [2.05, 4.69) is 43.8 Å². The number of hydrogen-bond acceptors (Lipinski definition) is 1. The summed E-state index contributed by atoms with van der Waals surface area (Å²) in [5.41, 5.74) is 5.17. The summed E-state index contributed by atoms with van der Waals surface area (Å²) in [7, 11) is 0. The zero-order valence-electron chi connectivity index (χ0n) is 10.5. The molecular formula is C14H15Br2NO. The van der Waals surface area contributed by atoms with E-state index in [0.29, 0.717) is 0 Å². The molecule has 0 saturated carbocycles. The van der Waals surface area contributed by atoms with E-state index in [-0.39, 0.29) is 0 Å². The Kier molecular flexibility index (Phi) is 3.99. The van der Waals surface area contributed by atoms with Gasteiger partial charge in [-0.15, -0.1) is 0 Å². The molecule has 1 unspecified atom stereocenters. The Bertz CT molecular complexity index is 569. The quantitative estimate of drug-likeness (QED) is 0.797. The first-order valence-electron chi connectivity index (χ1n) is 5.70. The van der Waals surface area contributed by atoms with Crippen LogP contribution in [0.4, 0.5) is 0 Å². The highest BCUT2D eigenvalue weighted by molar-refractivity contribution is 9.11. The summed E-state index contributed by atoms with van der Waals surface area (Å²) < 4.78 is 1.90. The zero-order valence-corrected chi connectivity index (χ0v) is 13.7. The molecule has 4 heteroatoms. The maximum absolute atomic E-state index is 10.5. The summed E-state index contributed by atoms with van der Waals surface area (Å²) in [5, 5.41) is 10.5. The van der Waals surface area contributed by atoms with E-state index in [1.165, 1.54) is 5.56 Å². The zero-order chi connectivity index (χ0) is 13.4. The number of nitrogens with one attached hydrogen (secondary N) is 1. The molecule has 0 aliphatic heterocycles. The van der Waals surface area contributed by atoms with Crippen LogP contribution in [0.3, 0.4) is 0 Å². The number of rotatable bonds is 2. The van der Waals surface area contributed by atoms with Crippen molar-refractivity contribution >= 4 is 31.9 Å². The molecule has 1 atom stereocenters. The maximum Gasteiger partial charge on any atom is 0.119 e. The van der Waals surface area contributed by atoms with Gasteiger partial charge in [0.2, 0.25) is 0 Å². The van der Waals surface area contributed by atoms with Crippen LogP contribution in [0.5, 0.6) is 0 Å². The lowest BCUT2D eigenvalue weighted by molar-refractivity contribution is 0.215. The number of aliphatic hydroxyl groups is 1. The third kappa shape index (κ3) is 2.56. The van der Waals surface area contributed by atoms with Crippen LogP contribution >= 0.6 is 31.9 Å². The fraction of sp³-hybridized carbons (Fsp3) is 0.286. The average Bonchev–Trinajstić information content (AvgIpc) is 2.55. The highest BCUT2D eigenvalue weighted by atomic mass is 79.9. The summed E-state index contributed by atoms with van der Waals surface area (Å²) >= 11 is 6.88. The van der Waals surface area contributed by atoms with Crippen LogP contribution < -0.4 is 0 Å². The molecule has 2 aromatic rings. The molecule has 0 spiro atoms. The van der Waals surface area contributed by atoms with Crippen molar-refractivity contribution in [1.29, 1.82) is 0 Å². The van der Waals surface area contributed by atoms with Gasteiger partial charge in [-0.05, 0) is 55.7 Å². The van der Waals surface area contributed by atoms with Crippen LogP contribution in [0, 0.1) is 20.8 Å². The second-order valence-corrected chi connectivity index (χ2v) is 6.35. The van der Waals surface area contributed by atoms with E-state index in [1.54, 1.807) is 0 Å². The molecule has 1 aromatic carbocycles. The fourth-order valence-corrected chi connectivity index (χ4v) is 3.38. The second kappa shape index (κ2) is 5.19. The molecule has 0 aliphatic carbocycles. The summed E-state index contributed by atoms with van der Waals surface area (Å²) in [6, 6.07) is 5.81. The maximum atomic E-state index is 10.5. The van der Waals surface area contributed by atoms with E-state index < -0.39 is 6.10 Å². The van der Waals surface area contributed by atoms with Crippen molar-refractivity contribution in [2.45, 2.75) is 26.9 Å². The Morgan fingerprint density at radius 1 is 1.00 bits per heavy atom. The topological polar surface area (TPSA) is 36.0 Å². The van der Waals surface area contributed by atoms with Crippen molar-refractivity contribution in [1.82, 2.24) is 4.98 Å². The summed E-state index contributed by atoms with van der Waals surface area (Å²) in [5.74, 6) is 0. The summed E-state index contributed by atoms with van der Waals surface area (Å²) in [6.07, 6.45) is -0.633. The molecule has 1 aromatic heterocycles. The van der Waals surface area contributed by atoms with Crippen LogP contribution in [0.2, 0.25) is 0 Å². The van der Waals surface area contributed by atoms with Crippen LogP contribution in [0.1, 0.15) is 34.2 Å². The minimum atomic E-state index is -0.633. The standard InChI is InChI=1S/C14H15Br2NO/c1-7-8(2)13(17-9(7)3)14(18)10-4-11(15)6-12(16)5-10/h4-6,14,17-18H,1-3H3. The Balaban J connectivity index is 2.47. The lowest BCUT2D eigenvalue weighted by Gasteiger charge is -2.12. The number of H-pyrrole nitrogens is 1.